The Hall–Kier alpha value is -1.83. The number of nitrogens with zero attached hydrogens (tertiary/aromatic N) is 1. The van der Waals surface area contributed by atoms with E-state index in [9.17, 15) is 4.79 Å². The molecule has 0 saturated heterocycles. The van der Waals surface area contributed by atoms with Crippen molar-refractivity contribution in [3.05, 3.63) is 47.3 Å². The fraction of sp³-hybridized carbons (Fsp3) is 0.267. The molecule has 0 amide bonds. The Labute approximate surface area is 102 Å². The molecule has 0 aliphatic rings. The van der Waals surface area contributed by atoms with Gasteiger partial charge in [0.15, 0.2) is 6.29 Å². The summed E-state index contributed by atoms with van der Waals surface area (Å²) in [4.78, 5) is 11.2. The molecule has 1 aromatic carbocycles. The molecule has 2 rings (SSSR count). The minimum Gasteiger partial charge on any atom is -0.345 e. The summed E-state index contributed by atoms with van der Waals surface area (Å²) in [5, 5.41) is 0. The molecule has 0 aliphatic heterocycles. The van der Waals surface area contributed by atoms with E-state index in [0.29, 0.717) is 0 Å². The van der Waals surface area contributed by atoms with E-state index in [1.807, 2.05) is 23.7 Å². The summed E-state index contributed by atoms with van der Waals surface area (Å²) < 4.78 is 1.98. The summed E-state index contributed by atoms with van der Waals surface area (Å²) in [7, 11) is 1.95. The van der Waals surface area contributed by atoms with Crippen molar-refractivity contribution in [2.75, 3.05) is 0 Å². The van der Waals surface area contributed by atoms with E-state index in [-0.39, 0.29) is 0 Å². The molecule has 0 saturated carbocycles. The summed E-state index contributed by atoms with van der Waals surface area (Å²) >= 11 is 0. The third-order valence-corrected chi connectivity index (χ3v) is 3.29. The number of aryl methyl sites for hydroxylation is 2. The number of benzene rings is 1. The Morgan fingerprint density at radius 2 is 1.94 bits per heavy atom. The zero-order valence-corrected chi connectivity index (χ0v) is 10.5. The standard InChI is InChI=1S/C15H17NO/c1-4-12-9-14(15(10-17)16(12)3)13-8-6-5-7-11(13)2/h5-10H,4H2,1-3H3. The van der Waals surface area contributed by atoms with E-state index in [0.717, 1.165) is 29.5 Å². The van der Waals surface area contributed by atoms with Crippen LogP contribution >= 0.6 is 0 Å². The third-order valence-electron chi connectivity index (χ3n) is 3.29. The minimum atomic E-state index is 0.760. The average molecular weight is 227 g/mol. The molecule has 1 heterocycles. The predicted octanol–water partition coefficient (Wildman–Crippen LogP) is 3.38. The Morgan fingerprint density at radius 3 is 2.53 bits per heavy atom. The van der Waals surface area contributed by atoms with Crippen molar-refractivity contribution in [3.63, 3.8) is 0 Å². The third kappa shape index (κ3) is 1.91. The molecule has 0 spiro atoms. The molecule has 88 valence electrons. The Balaban J connectivity index is 2.67. The minimum absolute atomic E-state index is 0.760. The van der Waals surface area contributed by atoms with Crippen LogP contribution in [0.4, 0.5) is 0 Å². The second kappa shape index (κ2) is 4.58. The van der Waals surface area contributed by atoms with E-state index in [1.165, 1.54) is 11.3 Å². The molecule has 1 aromatic heterocycles. The maximum atomic E-state index is 11.2. The summed E-state index contributed by atoms with van der Waals surface area (Å²) in [6, 6.07) is 10.3. The van der Waals surface area contributed by atoms with Crippen LogP contribution in [-0.4, -0.2) is 10.9 Å². The van der Waals surface area contributed by atoms with Crippen LogP contribution in [0.1, 0.15) is 28.7 Å². The quantitative estimate of drug-likeness (QED) is 0.737. The van der Waals surface area contributed by atoms with Gasteiger partial charge in [0.1, 0.15) is 0 Å². The molecule has 0 aliphatic carbocycles. The van der Waals surface area contributed by atoms with Crippen molar-refractivity contribution < 1.29 is 4.79 Å². The number of hydrogen-bond donors (Lipinski definition) is 0. The molecular formula is C15H17NO. The van der Waals surface area contributed by atoms with Gasteiger partial charge in [0.05, 0.1) is 5.69 Å². The highest BCUT2D eigenvalue weighted by Crippen LogP contribution is 2.28. The Kier molecular flexibility index (Phi) is 3.14. The van der Waals surface area contributed by atoms with Crippen LogP contribution in [0.3, 0.4) is 0 Å². The maximum absolute atomic E-state index is 11.2. The number of carbonyl (C=O) groups is 1. The summed E-state index contributed by atoms with van der Waals surface area (Å²) in [6.07, 6.45) is 1.88. The molecule has 0 N–H and O–H groups in total. The summed E-state index contributed by atoms with van der Waals surface area (Å²) in [5.41, 5.74) is 5.33. The zero-order valence-electron chi connectivity index (χ0n) is 10.5. The number of aldehydes is 1. The molecule has 0 atom stereocenters. The van der Waals surface area contributed by atoms with Crippen LogP contribution in [0.15, 0.2) is 30.3 Å². The molecule has 17 heavy (non-hydrogen) atoms. The first-order valence-electron chi connectivity index (χ1n) is 5.88. The topological polar surface area (TPSA) is 22.0 Å². The zero-order chi connectivity index (χ0) is 12.4. The predicted molar refractivity (Wildman–Crippen MR) is 70.4 cm³/mol. The van der Waals surface area contributed by atoms with Crippen molar-refractivity contribution in [3.8, 4) is 11.1 Å². The maximum Gasteiger partial charge on any atom is 0.167 e. The van der Waals surface area contributed by atoms with Gasteiger partial charge in [-0.2, -0.15) is 0 Å². The molecule has 0 bridgehead atoms. The van der Waals surface area contributed by atoms with E-state index in [2.05, 4.69) is 32.0 Å². The van der Waals surface area contributed by atoms with Gasteiger partial charge in [0.25, 0.3) is 0 Å². The first-order valence-corrected chi connectivity index (χ1v) is 5.88. The molecule has 0 unspecified atom stereocenters. The van der Waals surface area contributed by atoms with Crippen molar-refractivity contribution in [2.45, 2.75) is 20.3 Å². The van der Waals surface area contributed by atoms with E-state index >= 15 is 0 Å². The highest BCUT2D eigenvalue weighted by Gasteiger charge is 2.13. The second-order valence-electron chi connectivity index (χ2n) is 4.28. The molecule has 2 nitrogen and oxygen atoms in total. The van der Waals surface area contributed by atoms with Gasteiger partial charge in [-0.3, -0.25) is 4.79 Å². The Bertz CT molecular complexity index is 552. The highest BCUT2D eigenvalue weighted by atomic mass is 16.1. The van der Waals surface area contributed by atoms with Crippen LogP contribution < -0.4 is 0 Å². The Morgan fingerprint density at radius 1 is 1.24 bits per heavy atom. The van der Waals surface area contributed by atoms with E-state index in [1.54, 1.807) is 0 Å². The molecular weight excluding hydrogens is 210 g/mol. The van der Waals surface area contributed by atoms with Crippen LogP contribution in [0.25, 0.3) is 11.1 Å². The van der Waals surface area contributed by atoms with Gasteiger partial charge in [0.2, 0.25) is 0 Å². The van der Waals surface area contributed by atoms with Gasteiger partial charge in [-0.05, 0) is 30.5 Å². The number of aromatic nitrogens is 1. The fourth-order valence-electron chi connectivity index (χ4n) is 2.25. The van der Waals surface area contributed by atoms with Crippen molar-refractivity contribution in [2.24, 2.45) is 7.05 Å². The highest BCUT2D eigenvalue weighted by molar-refractivity contribution is 5.87. The van der Waals surface area contributed by atoms with Gasteiger partial charge in [-0.15, -0.1) is 0 Å². The molecule has 0 radical (unpaired) electrons. The van der Waals surface area contributed by atoms with Gasteiger partial charge in [-0.25, -0.2) is 0 Å². The van der Waals surface area contributed by atoms with Crippen molar-refractivity contribution >= 4 is 6.29 Å². The van der Waals surface area contributed by atoms with E-state index < -0.39 is 0 Å². The second-order valence-corrected chi connectivity index (χ2v) is 4.28. The lowest BCUT2D eigenvalue weighted by atomic mass is 10.0. The van der Waals surface area contributed by atoms with Crippen molar-refractivity contribution in [1.82, 2.24) is 4.57 Å². The average Bonchev–Trinajstić information content (AvgIpc) is 2.66. The molecule has 2 heteroatoms. The molecule has 2 aromatic rings. The van der Waals surface area contributed by atoms with Gasteiger partial charge < -0.3 is 4.57 Å². The summed E-state index contributed by atoms with van der Waals surface area (Å²) in [5.74, 6) is 0. The number of hydrogen-bond acceptors (Lipinski definition) is 1. The first-order chi connectivity index (χ1) is 8.19. The van der Waals surface area contributed by atoms with Crippen LogP contribution in [-0.2, 0) is 13.5 Å². The van der Waals surface area contributed by atoms with Gasteiger partial charge in [0, 0.05) is 18.3 Å². The lowest BCUT2D eigenvalue weighted by Gasteiger charge is -2.05. The smallest absolute Gasteiger partial charge is 0.167 e. The van der Waals surface area contributed by atoms with E-state index in [4.69, 9.17) is 0 Å². The fourth-order valence-corrected chi connectivity index (χ4v) is 2.25. The van der Waals surface area contributed by atoms with Crippen LogP contribution in [0.2, 0.25) is 0 Å². The SMILES string of the molecule is CCc1cc(-c2ccccc2C)c(C=O)n1C. The monoisotopic (exact) mass is 227 g/mol. The molecule has 0 fully saturated rings. The largest absolute Gasteiger partial charge is 0.345 e. The number of carbonyl (C=O) groups excluding carboxylic acids is 1. The van der Waals surface area contributed by atoms with Crippen LogP contribution in [0.5, 0.6) is 0 Å². The van der Waals surface area contributed by atoms with Crippen LogP contribution in [0, 0.1) is 6.92 Å². The summed E-state index contributed by atoms with van der Waals surface area (Å²) in [6.45, 7) is 4.17. The van der Waals surface area contributed by atoms with Crippen molar-refractivity contribution in [1.29, 1.82) is 0 Å². The van der Waals surface area contributed by atoms with Gasteiger partial charge in [-0.1, -0.05) is 31.2 Å². The first kappa shape index (κ1) is 11.6. The normalized spacial score (nSPS) is 10.5. The lowest BCUT2D eigenvalue weighted by Crippen LogP contribution is -1.99. The number of rotatable bonds is 3. The lowest BCUT2D eigenvalue weighted by molar-refractivity contribution is 0.111. The van der Waals surface area contributed by atoms with Gasteiger partial charge >= 0.3 is 0 Å².